The average molecular weight is 441 g/mol. The second-order valence-corrected chi connectivity index (χ2v) is 8.92. The number of rotatable bonds is 9. The molecule has 0 bridgehead atoms. The van der Waals surface area contributed by atoms with Gasteiger partial charge < -0.3 is 24.8 Å². The summed E-state index contributed by atoms with van der Waals surface area (Å²) in [6, 6.07) is 5.74. The van der Waals surface area contributed by atoms with Crippen LogP contribution in [0.15, 0.2) is 22.7 Å². The normalized spacial score (nSPS) is 16.8. The number of nitrogens with one attached hydrogen (secondary N) is 3. The first kappa shape index (κ1) is 22.1. The maximum atomic E-state index is 6.16. The zero-order valence-electron chi connectivity index (χ0n) is 19.3. The highest BCUT2D eigenvalue weighted by Gasteiger charge is 2.22. The van der Waals surface area contributed by atoms with Crippen molar-refractivity contribution in [1.82, 2.24) is 30.2 Å². The van der Waals surface area contributed by atoms with E-state index in [1.54, 1.807) is 0 Å². The fourth-order valence-corrected chi connectivity index (χ4v) is 3.48. The summed E-state index contributed by atoms with van der Waals surface area (Å²) in [6.07, 6.45) is 1.08. The van der Waals surface area contributed by atoms with E-state index in [0.717, 1.165) is 42.5 Å². The van der Waals surface area contributed by atoms with Crippen LogP contribution in [-0.2, 0) is 6.54 Å². The lowest BCUT2D eigenvalue weighted by Gasteiger charge is -2.15. The van der Waals surface area contributed by atoms with Gasteiger partial charge in [0.2, 0.25) is 11.8 Å². The second-order valence-electron chi connectivity index (χ2n) is 8.92. The van der Waals surface area contributed by atoms with Gasteiger partial charge >= 0.3 is 0 Å². The van der Waals surface area contributed by atoms with E-state index in [9.17, 15) is 0 Å². The van der Waals surface area contributed by atoms with E-state index in [1.165, 1.54) is 0 Å². The summed E-state index contributed by atoms with van der Waals surface area (Å²) in [5.41, 5.74) is 1.91. The Bertz CT molecular complexity index is 1030. The van der Waals surface area contributed by atoms with Gasteiger partial charge in [0.25, 0.3) is 0 Å². The van der Waals surface area contributed by atoms with Gasteiger partial charge in [-0.3, -0.25) is 5.10 Å². The fourth-order valence-electron chi connectivity index (χ4n) is 3.48. The van der Waals surface area contributed by atoms with Gasteiger partial charge in [-0.2, -0.15) is 15.1 Å². The monoisotopic (exact) mass is 440 g/mol. The Morgan fingerprint density at radius 2 is 1.97 bits per heavy atom. The van der Waals surface area contributed by atoms with E-state index in [1.807, 2.05) is 18.2 Å². The van der Waals surface area contributed by atoms with E-state index in [2.05, 4.69) is 75.6 Å². The molecule has 1 aliphatic rings. The first-order chi connectivity index (χ1) is 15.4. The molecular weight excluding hydrogens is 408 g/mol. The van der Waals surface area contributed by atoms with E-state index in [0.29, 0.717) is 36.0 Å². The molecule has 1 fully saturated rings. The minimum atomic E-state index is 0.109. The smallest absolute Gasteiger partial charge is 0.228 e. The first-order valence-electron chi connectivity index (χ1n) is 11.1. The molecule has 1 aliphatic heterocycles. The van der Waals surface area contributed by atoms with Crippen LogP contribution in [0.1, 0.15) is 63.1 Å². The molecule has 4 heterocycles. The largest absolute Gasteiger partial charge is 0.473 e. The van der Waals surface area contributed by atoms with Crippen molar-refractivity contribution in [3.63, 3.8) is 0 Å². The summed E-state index contributed by atoms with van der Waals surface area (Å²) in [5, 5.41) is 18.0. The van der Waals surface area contributed by atoms with Crippen molar-refractivity contribution in [1.29, 1.82) is 0 Å². The maximum Gasteiger partial charge on any atom is 0.228 e. The molecule has 10 heteroatoms. The van der Waals surface area contributed by atoms with Crippen molar-refractivity contribution < 1.29 is 9.26 Å². The SMILES string of the molecule is CC(C)c1cc(Nc2cc(OC3CCN(C)C3)nc(NCc3cc(C(C)C)no3)n2)[nH]n1. The van der Waals surface area contributed by atoms with E-state index >= 15 is 0 Å². The Morgan fingerprint density at radius 1 is 1.16 bits per heavy atom. The van der Waals surface area contributed by atoms with Crippen molar-refractivity contribution in [2.24, 2.45) is 0 Å². The second kappa shape index (κ2) is 9.56. The molecule has 3 aromatic heterocycles. The number of hydrogen-bond donors (Lipinski definition) is 3. The van der Waals surface area contributed by atoms with Crippen molar-refractivity contribution >= 4 is 17.6 Å². The van der Waals surface area contributed by atoms with Crippen LogP contribution in [0.5, 0.6) is 5.88 Å². The van der Waals surface area contributed by atoms with Crippen LogP contribution in [0.25, 0.3) is 0 Å². The summed E-state index contributed by atoms with van der Waals surface area (Å²) < 4.78 is 11.6. The zero-order valence-corrected chi connectivity index (χ0v) is 19.3. The van der Waals surface area contributed by atoms with E-state index in [4.69, 9.17) is 9.26 Å². The number of likely N-dealkylation sites (tertiary alicyclic amines) is 1. The quantitative estimate of drug-likeness (QED) is 0.456. The summed E-state index contributed by atoms with van der Waals surface area (Å²) >= 11 is 0. The molecule has 0 spiro atoms. The molecule has 10 nitrogen and oxygen atoms in total. The molecule has 32 heavy (non-hydrogen) atoms. The van der Waals surface area contributed by atoms with Gasteiger partial charge in [0, 0.05) is 31.3 Å². The summed E-state index contributed by atoms with van der Waals surface area (Å²) in [5.74, 6) is 3.72. The Balaban J connectivity index is 1.51. The highest BCUT2D eigenvalue weighted by atomic mass is 16.5. The molecular formula is C22H32N8O2. The maximum absolute atomic E-state index is 6.16. The van der Waals surface area contributed by atoms with Crippen molar-refractivity contribution in [3.05, 3.63) is 35.3 Å². The number of nitrogens with zero attached hydrogens (tertiary/aromatic N) is 5. The topological polar surface area (TPSA) is 117 Å². The molecule has 172 valence electrons. The standard InChI is InChI=1S/C22H32N8O2/c1-13(2)17-9-20(28-27-17)24-19-10-21(31-15-6-7-30(5)12-15)26-22(25-19)23-11-16-8-18(14(3)4)29-32-16/h8-10,13-15H,6-7,11-12H2,1-5H3,(H3,23,24,25,26,27,28). The van der Waals surface area contributed by atoms with Gasteiger partial charge in [-0.25, -0.2) is 0 Å². The molecule has 0 saturated carbocycles. The number of hydrogen-bond acceptors (Lipinski definition) is 9. The number of aromatic amines is 1. The predicted octanol–water partition coefficient (Wildman–Crippen LogP) is 3.87. The van der Waals surface area contributed by atoms with Crippen molar-refractivity contribution in [2.45, 2.75) is 58.6 Å². The van der Waals surface area contributed by atoms with Gasteiger partial charge in [0.1, 0.15) is 17.7 Å². The number of H-pyrrole nitrogens is 1. The lowest BCUT2D eigenvalue weighted by atomic mass is 10.1. The lowest BCUT2D eigenvalue weighted by molar-refractivity contribution is 0.200. The van der Waals surface area contributed by atoms with Crippen LogP contribution >= 0.6 is 0 Å². The third kappa shape index (κ3) is 5.56. The van der Waals surface area contributed by atoms with E-state index < -0.39 is 0 Å². The molecule has 1 unspecified atom stereocenters. The Morgan fingerprint density at radius 3 is 2.62 bits per heavy atom. The van der Waals surface area contributed by atoms with Crippen molar-refractivity contribution in [2.75, 3.05) is 30.8 Å². The molecule has 1 saturated heterocycles. The molecule has 1 atom stereocenters. The number of likely N-dealkylation sites (N-methyl/N-ethyl adjacent to an activating group) is 1. The van der Waals surface area contributed by atoms with Gasteiger partial charge in [0.15, 0.2) is 5.76 Å². The van der Waals surface area contributed by atoms with Crippen LogP contribution in [0.4, 0.5) is 17.6 Å². The highest BCUT2D eigenvalue weighted by Crippen LogP contribution is 2.24. The average Bonchev–Trinajstić information content (AvgIpc) is 3.48. The first-order valence-corrected chi connectivity index (χ1v) is 11.1. The van der Waals surface area contributed by atoms with Gasteiger partial charge in [0.05, 0.1) is 17.9 Å². The number of ether oxygens (including phenoxy) is 1. The summed E-state index contributed by atoms with van der Waals surface area (Å²) in [4.78, 5) is 11.4. The van der Waals surface area contributed by atoms with Crippen LogP contribution in [0, 0.1) is 0 Å². The molecule has 4 rings (SSSR count). The molecule has 3 N–H and O–H groups in total. The van der Waals surface area contributed by atoms with Crippen molar-refractivity contribution in [3.8, 4) is 5.88 Å². The Hall–Kier alpha value is -3.14. The molecule has 3 aromatic rings. The Labute approximate surface area is 188 Å². The van der Waals surface area contributed by atoms with Crippen LogP contribution < -0.4 is 15.4 Å². The molecule has 0 aromatic carbocycles. The minimum absolute atomic E-state index is 0.109. The van der Waals surface area contributed by atoms with Crippen LogP contribution in [-0.4, -0.2) is 56.5 Å². The molecule has 0 amide bonds. The predicted molar refractivity (Wildman–Crippen MR) is 122 cm³/mol. The lowest BCUT2D eigenvalue weighted by Crippen LogP contribution is -2.22. The Kier molecular flexibility index (Phi) is 6.59. The summed E-state index contributed by atoms with van der Waals surface area (Å²) in [6.45, 7) is 10.7. The van der Waals surface area contributed by atoms with E-state index in [-0.39, 0.29) is 6.10 Å². The number of anilines is 3. The van der Waals surface area contributed by atoms with Gasteiger partial charge in [-0.15, -0.1) is 0 Å². The van der Waals surface area contributed by atoms with Crippen LogP contribution in [0.2, 0.25) is 0 Å². The highest BCUT2D eigenvalue weighted by molar-refractivity contribution is 5.55. The third-order valence-corrected chi connectivity index (χ3v) is 5.38. The molecule has 0 aliphatic carbocycles. The van der Waals surface area contributed by atoms with Gasteiger partial charge in [-0.1, -0.05) is 32.9 Å². The fraction of sp³-hybridized carbons (Fsp3) is 0.545. The molecule has 0 radical (unpaired) electrons. The zero-order chi connectivity index (χ0) is 22.7. The summed E-state index contributed by atoms with van der Waals surface area (Å²) in [7, 11) is 2.09. The minimum Gasteiger partial charge on any atom is -0.473 e. The third-order valence-electron chi connectivity index (χ3n) is 5.38. The van der Waals surface area contributed by atoms with Crippen LogP contribution in [0.3, 0.4) is 0 Å². The number of aromatic nitrogens is 5. The van der Waals surface area contributed by atoms with Gasteiger partial charge in [-0.05, 0) is 25.3 Å².